The zero-order chi connectivity index (χ0) is 15.9. The maximum Gasteiger partial charge on any atom is 0.246 e. The van der Waals surface area contributed by atoms with Crippen molar-refractivity contribution in [3.63, 3.8) is 0 Å². The Morgan fingerprint density at radius 2 is 2.27 bits per heavy atom. The fourth-order valence-electron chi connectivity index (χ4n) is 2.97. The molecular weight excluding hydrogens is 286 g/mol. The number of hydrogen-bond acceptors (Lipinski definition) is 7. The van der Waals surface area contributed by atoms with Gasteiger partial charge in [-0.25, -0.2) is 4.98 Å². The summed E-state index contributed by atoms with van der Waals surface area (Å²) in [6, 6.07) is 0. The predicted molar refractivity (Wildman–Crippen MR) is 80.4 cm³/mol. The Morgan fingerprint density at radius 1 is 1.50 bits per heavy atom. The highest BCUT2D eigenvalue weighted by Crippen LogP contribution is 2.39. The number of nitrogens with zero attached hydrogens (tertiary/aromatic N) is 4. The van der Waals surface area contributed by atoms with Crippen molar-refractivity contribution in [2.75, 3.05) is 19.5 Å². The summed E-state index contributed by atoms with van der Waals surface area (Å²) >= 11 is 0. The first-order valence-corrected chi connectivity index (χ1v) is 7.23. The van der Waals surface area contributed by atoms with Gasteiger partial charge in [-0.15, -0.1) is 0 Å². The molecule has 120 valence electrons. The summed E-state index contributed by atoms with van der Waals surface area (Å²) < 4.78 is 13.0. The normalized spacial score (nSPS) is 24.0. The summed E-state index contributed by atoms with van der Waals surface area (Å²) in [4.78, 5) is 12.6. The zero-order valence-corrected chi connectivity index (χ0v) is 13.0. The van der Waals surface area contributed by atoms with E-state index in [4.69, 9.17) is 15.2 Å². The highest BCUT2D eigenvalue weighted by Gasteiger charge is 2.41. The molecule has 0 saturated carbocycles. The quantitative estimate of drug-likeness (QED) is 0.851. The molecule has 3 heterocycles. The number of aromatic nitrogens is 4. The molecular formula is C14H21N5O3. The molecule has 0 bridgehead atoms. The van der Waals surface area contributed by atoms with Crippen molar-refractivity contribution >= 4 is 17.1 Å². The van der Waals surface area contributed by atoms with Gasteiger partial charge < -0.3 is 24.9 Å². The van der Waals surface area contributed by atoms with E-state index in [9.17, 15) is 5.11 Å². The maximum absolute atomic E-state index is 9.32. The number of imidazole rings is 1. The molecule has 1 aliphatic rings. The summed E-state index contributed by atoms with van der Waals surface area (Å²) in [5.41, 5.74) is 6.89. The van der Waals surface area contributed by atoms with Crippen LogP contribution in [0.1, 0.15) is 20.3 Å². The van der Waals surface area contributed by atoms with Crippen molar-refractivity contribution in [3.8, 4) is 5.88 Å². The minimum absolute atomic E-state index is 0.0351. The molecule has 3 rings (SSSR count). The molecule has 2 aromatic rings. The van der Waals surface area contributed by atoms with Gasteiger partial charge in [0, 0.05) is 0 Å². The van der Waals surface area contributed by atoms with E-state index in [1.165, 1.54) is 7.11 Å². The minimum atomic E-state index is -0.121. The molecule has 8 nitrogen and oxygen atoms in total. The summed E-state index contributed by atoms with van der Waals surface area (Å²) in [6.45, 7) is 4.89. The van der Waals surface area contributed by atoms with Crippen LogP contribution in [0.3, 0.4) is 0 Å². The molecule has 2 atom stereocenters. The molecule has 2 aromatic heterocycles. The Balaban J connectivity index is 1.93. The third-order valence-corrected chi connectivity index (χ3v) is 4.19. The van der Waals surface area contributed by atoms with Gasteiger partial charge >= 0.3 is 0 Å². The topological polar surface area (TPSA) is 108 Å². The smallest absolute Gasteiger partial charge is 0.246 e. The number of anilines is 1. The largest absolute Gasteiger partial charge is 0.479 e. The fourth-order valence-corrected chi connectivity index (χ4v) is 2.97. The number of nitrogen functional groups attached to an aromatic ring is 1. The lowest BCUT2D eigenvalue weighted by atomic mass is 9.84. The van der Waals surface area contributed by atoms with Crippen molar-refractivity contribution < 1.29 is 14.6 Å². The molecule has 8 heteroatoms. The summed E-state index contributed by atoms with van der Waals surface area (Å²) in [6.07, 6.45) is 2.35. The van der Waals surface area contributed by atoms with Crippen LogP contribution >= 0.6 is 0 Å². The van der Waals surface area contributed by atoms with Crippen LogP contribution in [0.25, 0.3) is 11.2 Å². The highest BCUT2D eigenvalue weighted by molar-refractivity contribution is 5.77. The van der Waals surface area contributed by atoms with E-state index in [1.54, 1.807) is 6.33 Å². The number of ether oxygens (including phenoxy) is 2. The van der Waals surface area contributed by atoms with Crippen LogP contribution in [0, 0.1) is 5.41 Å². The fraction of sp³-hybridized carbons (Fsp3) is 0.643. The standard InChI is InChI=1S/C14H21N5O3/c1-14(2)4-8(6-20)22-9(14)5-19-7-16-10-11(19)17-13(15)18-12(10)21-3/h7-9,20H,4-6H2,1-3H3,(H2,15,17,18)/t8-,9-/m0/s1. The van der Waals surface area contributed by atoms with E-state index in [-0.39, 0.29) is 30.2 Å². The minimum Gasteiger partial charge on any atom is -0.479 e. The number of fused-ring (bicyclic) bond motifs is 1. The Morgan fingerprint density at radius 3 is 2.91 bits per heavy atom. The zero-order valence-electron chi connectivity index (χ0n) is 13.0. The van der Waals surface area contributed by atoms with Crippen LogP contribution in [0.4, 0.5) is 5.95 Å². The average Bonchev–Trinajstić information content (AvgIpc) is 3.00. The molecule has 0 unspecified atom stereocenters. The predicted octanol–water partition coefficient (Wildman–Crippen LogP) is 0.593. The van der Waals surface area contributed by atoms with Crippen LogP contribution in [0.2, 0.25) is 0 Å². The number of hydrogen-bond donors (Lipinski definition) is 2. The highest BCUT2D eigenvalue weighted by atomic mass is 16.5. The van der Waals surface area contributed by atoms with Gasteiger partial charge in [-0.05, 0) is 11.8 Å². The second-order valence-corrected chi connectivity index (χ2v) is 6.28. The van der Waals surface area contributed by atoms with E-state index in [0.29, 0.717) is 23.6 Å². The Hall–Kier alpha value is -1.93. The molecule has 0 aliphatic carbocycles. The number of methoxy groups -OCH3 is 1. The monoisotopic (exact) mass is 307 g/mol. The van der Waals surface area contributed by atoms with Gasteiger partial charge in [0.2, 0.25) is 11.8 Å². The Labute approximate surface area is 128 Å². The van der Waals surface area contributed by atoms with Crippen LogP contribution in [0.5, 0.6) is 5.88 Å². The van der Waals surface area contributed by atoms with Crippen LogP contribution < -0.4 is 10.5 Å². The van der Waals surface area contributed by atoms with Crippen molar-refractivity contribution in [2.24, 2.45) is 5.41 Å². The first kappa shape index (κ1) is 15.0. The van der Waals surface area contributed by atoms with E-state index >= 15 is 0 Å². The molecule has 0 aromatic carbocycles. The lowest BCUT2D eigenvalue weighted by molar-refractivity contribution is -0.0121. The summed E-state index contributed by atoms with van der Waals surface area (Å²) in [5.74, 6) is 0.507. The van der Waals surface area contributed by atoms with Crippen LogP contribution in [-0.4, -0.2) is 50.6 Å². The SMILES string of the molecule is COc1nc(N)nc2c1ncn2C[C@@H]1O[C@H](CO)CC1(C)C. The number of rotatable bonds is 4. The second-order valence-electron chi connectivity index (χ2n) is 6.28. The van der Waals surface area contributed by atoms with Gasteiger partial charge in [0.05, 0.1) is 38.8 Å². The Kier molecular flexibility index (Phi) is 3.65. The summed E-state index contributed by atoms with van der Waals surface area (Å²) in [7, 11) is 1.52. The number of aliphatic hydroxyl groups excluding tert-OH is 1. The maximum atomic E-state index is 9.32. The van der Waals surface area contributed by atoms with Crippen molar-refractivity contribution in [2.45, 2.75) is 39.0 Å². The van der Waals surface area contributed by atoms with Crippen molar-refractivity contribution in [1.29, 1.82) is 0 Å². The van der Waals surface area contributed by atoms with Crippen LogP contribution in [-0.2, 0) is 11.3 Å². The van der Waals surface area contributed by atoms with E-state index in [0.717, 1.165) is 6.42 Å². The van der Waals surface area contributed by atoms with E-state index in [1.807, 2.05) is 4.57 Å². The molecule has 3 N–H and O–H groups in total. The molecule has 0 spiro atoms. The molecule has 1 aliphatic heterocycles. The van der Waals surface area contributed by atoms with E-state index < -0.39 is 0 Å². The first-order chi connectivity index (χ1) is 10.4. The summed E-state index contributed by atoms with van der Waals surface area (Å²) in [5, 5.41) is 9.32. The number of aliphatic hydroxyl groups is 1. The van der Waals surface area contributed by atoms with Gasteiger partial charge in [-0.1, -0.05) is 13.8 Å². The lowest BCUT2D eigenvalue weighted by Crippen LogP contribution is -2.29. The molecule has 0 amide bonds. The van der Waals surface area contributed by atoms with Gasteiger partial charge in [-0.3, -0.25) is 0 Å². The molecule has 1 saturated heterocycles. The van der Waals surface area contributed by atoms with Crippen molar-refractivity contribution in [1.82, 2.24) is 19.5 Å². The van der Waals surface area contributed by atoms with Gasteiger partial charge in [-0.2, -0.15) is 9.97 Å². The Bertz CT molecular complexity index is 684. The van der Waals surface area contributed by atoms with Crippen LogP contribution in [0.15, 0.2) is 6.33 Å². The second kappa shape index (κ2) is 5.36. The molecule has 1 fully saturated rings. The average molecular weight is 307 g/mol. The van der Waals surface area contributed by atoms with Gasteiger partial charge in [0.15, 0.2) is 11.2 Å². The number of nitrogens with two attached hydrogens (primary N) is 1. The van der Waals surface area contributed by atoms with Gasteiger partial charge in [0.1, 0.15) is 0 Å². The first-order valence-electron chi connectivity index (χ1n) is 7.23. The van der Waals surface area contributed by atoms with Crippen molar-refractivity contribution in [3.05, 3.63) is 6.33 Å². The lowest BCUT2D eigenvalue weighted by Gasteiger charge is -2.25. The third kappa shape index (κ3) is 2.48. The van der Waals surface area contributed by atoms with E-state index in [2.05, 4.69) is 28.8 Å². The van der Waals surface area contributed by atoms with Gasteiger partial charge in [0.25, 0.3) is 0 Å². The molecule has 22 heavy (non-hydrogen) atoms. The third-order valence-electron chi connectivity index (χ3n) is 4.19. The molecule has 0 radical (unpaired) electrons.